The summed E-state index contributed by atoms with van der Waals surface area (Å²) in [5.41, 5.74) is 0.976. The van der Waals surface area contributed by atoms with Crippen LogP contribution in [0.4, 0.5) is 0 Å². The van der Waals surface area contributed by atoms with Crippen LogP contribution < -0.4 is 0 Å². The maximum absolute atomic E-state index is 12.6. The van der Waals surface area contributed by atoms with Gasteiger partial charge in [0.25, 0.3) is 10.0 Å². The molecule has 0 N–H and O–H groups in total. The third-order valence-corrected chi connectivity index (χ3v) is 8.01. The van der Waals surface area contributed by atoms with Crippen molar-refractivity contribution in [1.82, 2.24) is 9.21 Å². The minimum Gasteiger partial charge on any atom is -0.298 e. The van der Waals surface area contributed by atoms with Crippen molar-refractivity contribution < 1.29 is 8.42 Å². The van der Waals surface area contributed by atoms with Gasteiger partial charge in [-0.25, -0.2) is 8.42 Å². The van der Waals surface area contributed by atoms with E-state index in [2.05, 4.69) is 34.7 Å². The van der Waals surface area contributed by atoms with Crippen molar-refractivity contribution >= 4 is 37.3 Å². The Morgan fingerprint density at radius 2 is 2.16 bits per heavy atom. The molecule has 1 atom stereocenters. The minimum atomic E-state index is -3.33. The Bertz CT molecular complexity index is 537. The van der Waals surface area contributed by atoms with Gasteiger partial charge >= 0.3 is 0 Å². The Morgan fingerprint density at radius 3 is 2.63 bits per heavy atom. The second-order valence-electron chi connectivity index (χ2n) is 4.86. The average molecular weight is 367 g/mol. The quantitative estimate of drug-likeness (QED) is 0.825. The maximum atomic E-state index is 12.6. The van der Waals surface area contributed by atoms with Gasteiger partial charge in [-0.1, -0.05) is 6.92 Å². The monoisotopic (exact) mass is 366 g/mol. The van der Waals surface area contributed by atoms with E-state index in [0.717, 1.165) is 22.4 Å². The summed E-state index contributed by atoms with van der Waals surface area (Å²) >= 11 is 4.69. The van der Waals surface area contributed by atoms with E-state index in [1.165, 1.54) is 11.3 Å². The molecule has 0 aliphatic carbocycles. The molecule has 1 saturated heterocycles. The molecule has 1 unspecified atom stereocenters. The molecule has 0 amide bonds. The molecule has 0 bridgehead atoms. The number of halogens is 1. The van der Waals surface area contributed by atoms with E-state index in [4.69, 9.17) is 0 Å². The smallest absolute Gasteiger partial charge is 0.252 e. The van der Waals surface area contributed by atoms with Gasteiger partial charge in [-0.05, 0) is 48.0 Å². The largest absolute Gasteiger partial charge is 0.298 e. The molecule has 2 rings (SSSR count). The molecule has 108 valence electrons. The summed E-state index contributed by atoms with van der Waals surface area (Å²) in [7, 11) is -3.33. The number of piperazine rings is 1. The molecular weight excluding hydrogens is 348 g/mol. The van der Waals surface area contributed by atoms with Crippen molar-refractivity contribution in [3.05, 3.63) is 15.4 Å². The molecular formula is C12H19BrN2O2S2. The number of hydrogen-bond acceptors (Lipinski definition) is 4. The normalized spacial score (nSPS) is 22.8. The van der Waals surface area contributed by atoms with Crippen LogP contribution in [0.1, 0.15) is 19.4 Å². The number of nitrogens with zero attached hydrogens (tertiary/aromatic N) is 2. The van der Waals surface area contributed by atoms with Crippen molar-refractivity contribution in [3.63, 3.8) is 0 Å². The van der Waals surface area contributed by atoms with Crippen LogP contribution in [0.25, 0.3) is 0 Å². The third-order valence-electron chi connectivity index (χ3n) is 3.56. The van der Waals surface area contributed by atoms with Crippen LogP contribution in [-0.2, 0) is 10.0 Å². The molecule has 1 aromatic rings. The summed E-state index contributed by atoms with van der Waals surface area (Å²) in [5.74, 6) is 0. The van der Waals surface area contributed by atoms with Gasteiger partial charge in [0.1, 0.15) is 4.21 Å². The summed E-state index contributed by atoms with van der Waals surface area (Å²) in [6, 6.07) is 2.03. The summed E-state index contributed by atoms with van der Waals surface area (Å²) in [4.78, 5) is 2.31. The van der Waals surface area contributed by atoms with E-state index in [9.17, 15) is 8.42 Å². The molecule has 19 heavy (non-hydrogen) atoms. The average Bonchev–Trinajstić information content (AvgIpc) is 2.70. The van der Waals surface area contributed by atoms with Gasteiger partial charge in [0.2, 0.25) is 0 Å². The summed E-state index contributed by atoms with van der Waals surface area (Å²) in [5, 5.41) is 0. The standard InChI is InChI=1S/C12H19BrN2O2S2/c1-4-14-5-6-15(8-10(14)3)19(16,17)11-7-9(2)12(13)18-11/h7,10H,4-6,8H2,1-3H3. The Hall–Kier alpha value is 0.0500. The first-order valence-electron chi connectivity index (χ1n) is 6.36. The van der Waals surface area contributed by atoms with E-state index in [1.807, 2.05) is 6.92 Å². The zero-order valence-corrected chi connectivity index (χ0v) is 14.6. The number of sulfonamides is 1. The molecule has 7 heteroatoms. The highest BCUT2D eigenvalue weighted by molar-refractivity contribution is 9.11. The second-order valence-corrected chi connectivity index (χ2v) is 9.40. The molecule has 1 aliphatic rings. The van der Waals surface area contributed by atoms with Gasteiger partial charge in [-0.15, -0.1) is 11.3 Å². The zero-order valence-electron chi connectivity index (χ0n) is 11.4. The van der Waals surface area contributed by atoms with Gasteiger partial charge in [-0.2, -0.15) is 4.31 Å². The fourth-order valence-electron chi connectivity index (χ4n) is 2.34. The van der Waals surface area contributed by atoms with Crippen LogP contribution in [0.5, 0.6) is 0 Å². The van der Waals surface area contributed by atoms with E-state index in [1.54, 1.807) is 10.4 Å². The summed E-state index contributed by atoms with van der Waals surface area (Å²) in [6.45, 7) is 9.04. The minimum absolute atomic E-state index is 0.276. The van der Waals surface area contributed by atoms with Crippen molar-refractivity contribution in [2.75, 3.05) is 26.2 Å². The van der Waals surface area contributed by atoms with Gasteiger partial charge < -0.3 is 0 Å². The van der Waals surface area contributed by atoms with E-state index in [-0.39, 0.29) is 6.04 Å². The molecule has 0 spiro atoms. The van der Waals surface area contributed by atoms with Crippen LogP contribution in [0.3, 0.4) is 0 Å². The molecule has 1 aromatic heterocycles. The molecule has 0 saturated carbocycles. The predicted octanol–water partition coefficient (Wildman–Crippen LogP) is 2.53. The molecule has 0 aromatic carbocycles. The Morgan fingerprint density at radius 1 is 1.47 bits per heavy atom. The lowest BCUT2D eigenvalue weighted by Gasteiger charge is -2.38. The maximum Gasteiger partial charge on any atom is 0.252 e. The van der Waals surface area contributed by atoms with Crippen LogP contribution in [0.15, 0.2) is 14.1 Å². The van der Waals surface area contributed by atoms with Crippen LogP contribution in [-0.4, -0.2) is 49.8 Å². The van der Waals surface area contributed by atoms with E-state index >= 15 is 0 Å². The number of likely N-dealkylation sites (N-methyl/N-ethyl adjacent to an activating group) is 1. The van der Waals surface area contributed by atoms with Gasteiger partial charge in [0.15, 0.2) is 0 Å². The highest BCUT2D eigenvalue weighted by Crippen LogP contribution is 2.32. The van der Waals surface area contributed by atoms with Crippen LogP contribution in [0, 0.1) is 6.92 Å². The predicted molar refractivity (Wildman–Crippen MR) is 82.2 cm³/mol. The highest BCUT2D eigenvalue weighted by Gasteiger charge is 2.32. The van der Waals surface area contributed by atoms with Gasteiger partial charge in [0.05, 0.1) is 3.79 Å². The second kappa shape index (κ2) is 5.81. The topological polar surface area (TPSA) is 40.6 Å². The first-order chi connectivity index (χ1) is 8.86. The number of hydrogen-bond donors (Lipinski definition) is 0. The van der Waals surface area contributed by atoms with Crippen molar-refractivity contribution in [3.8, 4) is 0 Å². The lowest BCUT2D eigenvalue weighted by atomic mass is 10.2. The highest BCUT2D eigenvalue weighted by atomic mass is 79.9. The van der Waals surface area contributed by atoms with Gasteiger partial charge in [0, 0.05) is 25.7 Å². The number of thiophene rings is 1. The van der Waals surface area contributed by atoms with Gasteiger partial charge in [-0.3, -0.25) is 4.90 Å². The molecule has 1 aliphatic heterocycles. The molecule has 2 heterocycles. The summed E-state index contributed by atoms with van der Waals surface area (Å²) in [6.07, 6.45) is 0. The molecule has 4 nitrogen and oxygen atoms in total. The number of rotatable bonds is 3. The van der Waals surface area contributed by atoms with E-state index < -0.39 is 10.0 Å². The lowest BCUT2D eigenvalue weighted by Crippen LogP contribution is -2.53. The number of aryl methyl sites for hydroxylation is 1. The third kappa shape index (κ3) is 3.05. The SMILES string of the molecule is CCN1CCN(S(=O)(=O)c2cc(C)c(Br)s2)CC1C. The van der Waals surface area contributed by atoms with Crippen molar-refractivity contribution in [1.29, 1.82) is 0 Å². The lowest BCUT2D eigenvalue weighted by molar-refractivity contribution is 0.136. The van der Waals surface area contributed by atoms with Crippen LogP contribution >= 0.6 is 27.3 Å². The van der Waals surface area contributed by atoms with E-state index in [0.29, 0.717) is 17.3 Å². The Kier molecular flexibility index (Phi) is 4.72. The Balaban J connectivity index is 2.22. The first kappa shape index (κ1) is 15.4. The molecule has 1 fully saturated rings. The first-order valence-corrected chi connectivity index (χ1v) is 9.41. The van der Waals surface area contributed by atoms with Crippen molar-refractivity contribution in [2.24, 2.45) is 0 Å². The zero-order chi connectivity index (χ0) is 14.2. The fraction of sp³-hybridized carbons (Fsp3) is 0.667. The molecule has 0 radical (unpaired) electrons. The summed E-state index contributed by atoms with van der Waals surface area (Å²) < 4.78 is 28.1. The van der Waals surface area contributed by atoms with Crippen LogP contribution in [0.2, 0.25) is 0 Å². The Labute approximate surface area is 127 Å². The van der Waals surface area contributed by atoms with Crippen molar-refractivity contribution in [2.45, 2.75) is 31.0 Å². The fourth-order valence-corrected chi connectivity index (χ4v) is 6.23.